The highest BCUT2D eigenvalue weighted by Crippen LogP contribution is 2.25. The molecule has 4 rings (SSSR count). The lowest BCUT2D eigenvalue weighted by Crippen LogP contribution is -2.50. The molecule has 2 amide bonds. The lowest BCUT2D eigenvalue weighted by molar-refractivity contribution is -0.136. The van der Waals surface area contributed by atoms with Crippen molar-refractivity contribution in [1.82, 2.24) is 15.2 Å². The summed E-state index contributed by atoms with van der Waals surface area (Å²) in [6.07, 6.45) is 3.41. The van der Waals surface area contributed by atoms with E-state index in [1.54, 1.807) is 24.5 Å². The second-order valence-electron chi connectivity index (χ2n) is 7.95. The number of pyridine rings is 1. The minimum absolute atomic E-state index is 0.195. The first kappa shape index (κ1) is 23.3. The molecule has 7 nitrogen and oxygen atoms in total. The highest BCUT2D eigenvalue weighted by Gasteiger charge is 2.27. The van der Waals surface area contributed by atoms with E-state index >= 15 is 0 Å². The second kappa shape index (κ2) is 10.8. The monoisotopic (exact) mass is 465 g/mol. The van der Waals surface area contributed by atoms with Gasteiger partial charge < -0.3 is 15.5 Å². The Hall–Kier alpha value is -3.85. The smallest absolute Gasteiger partial charge is 0.313 e. The van der Waals surface area contributed by atoms with Crippen LogP contribution in [0.15, 0.2) is 73.1 Å². The van der Waals surface area contributed by atoms with E-state index < -0.39 is 17.6 Å². The number of benzene rings is 2. The third kappa shape index (κ3) is 5.74. The summed E-state index contributed by atoms with van der Waals surface area (Å²) in [4.78, 5) is 33.1. The fourth-order valence-electron chi connectivity index (χ4n) is 4.00. The molecular weight excluding hydrogens is 440 g/mol. The molecule has 2 heterocycles. The van der Waals surface area contributed by atoms with Gasteiger partial charge in [-0.2, -0.15) is 0 Å². The Kier molecular flexibility index (Phi) is 7.44. The van der Waals surface area contributed by atoms with E-state index in [0.717, 1.165) is 5.56 Å². The van der Waals surface area contributed by atoms with Crippen molar-refractivity contribution in [2.24, 2.45) is 0 Å². The maximum atomic E-state index is 14.2. The van der Waals surface area contributed by atoms with Crippen molar-refractivity contribution >= 4 is 23.2 Å². The van der Waals surface area contributed by atoms with E-state index in [4.69, 9.17) is 0 Å². The van der Waals surface area contributed by atoms with E-state index in [1.807, 2.05) is 23.1 Å². The van der Waals surface area contributed by atoms with Crippen LogP contribution in [0, 0.1) is 11.6 Å². The van der Waals surface area contributed by atoms with Crippen molar-refractivity contribution in [2.45, 2.75) is 6.04 Å². The minimum atomic E-state index is -0.832. The number of nitrogens with one attached hydrogen (secondary N) is 2. The Morgan fingerprint density at radius 3 is 2.32 bits per heavy atom. The second-order valence-corrected chi connectivity index (χ2v) is 7.95. The molecule has 0 radical (unpaired) electrons. The summed E-state index contributed by atoms with van der Waals surface area (Å²) >= 11 is 0. The van der Waals surface area contributed by atoms with Crippen LogP contribution in [0.4, 0.5) is 20.2 Å². The summed E-state index contributed by atoms with van der Waals surface area (Å²) in [5, 5.41) is 5.15. The third-order valence-corrected chi connectivity index (χ3v) is 5.78. The van der Waals surface area contributed by atoms with Gasteiger partial charge in [-0.15, -0.1) is 0 Å². The first-order chi connectivity index (χ1) is 16.5. The molecule has 2 N–H and O–H groups in total. The van der Waals surface area contributed by atoms with Gasteiger partial charge in [-0.25, -0.2) is 8.78 Å². The fraction of sp³-hybridized carbons (Fsp3) is 0.240. The van der Waals surface area contributed by atoms with Crippen LogP contribution in [-0.4, -0.2) is 54.4 Å². The highest BCUT2D eigenvalue weighted by atomic mass is 19.1. The third-order valence-electron chi connectivity index (χ3n) is 5.78. The number of rotatable bonds is 6. The van der Waals surface area contributed by atoms with Gasteiger partial charge in [-0.1, -0.05) is 18.2 Å². The molecule has 176 valence electrons. The average molecular weight is 466 g/mol. The molecule has 34 heavy (non-hydrogen) atoms. The Morgan fingerprint density at radius 2 is 1.65 bits per heavy atom. The normalized spacial score (nSPS) is 14.9. The van der Waals surface area contributed by atoms with E-state index in [-0.39, 0.29) is 18.4 Å². The molecule has 0 spiro atoms. The minimum Gasteiger partial charge on any atom is -0.367 e. The predicted octanol–water partition coefficient (Wildman–Crippen LogP) is 2.98. The van der Waals surface area contributed by atoms with Crippen molar-refractivity contribution in [3.05, 3.63) is 90.3 Å². The number of hydrogen-bond donors (Lipinski definition) is 2. The van der Waals surface area contributed by atoms with Crippen molar-refractivity contribution in [2.75, 3.05) is 42.9 Å². The predicted molar refractivity (Wildman–Crippen MR) is 125 cm³/mol. The number of aromatic nitrogens is 1. The number of carbonyl (C=O) groups is 2. The zero-order valence-electron chi connectivity index (χ0n) is 18.5. The zero-order valence-corrected chi connectivity index (χ0v) is 18.5. The van der Waals surface area contributed by atoms with Crippen LogP contribution in [-0.2, 0) is 9.59 Å². The van der Waals surface area contributed by atoms with Crippen LogP contribution >= 0.6 is 0 Å². The van der Waals surface area contributed by atoms with E-state index in [1.165, 1.54) is 30.3 Å². The molecular formula is C25H25F2N5O2. The number of nitrogens with zero attached hydrogens (tertiary/aromatic N) is 3. The van der Waals surface area contributed by atoms with E-state index in [2.05, 4.69) is 20.5 Å². The van der Waals surface area contributed by atoms with Crippen LogP contribution in [0.2, 0.25) is 0 Å². The van der Waals surface area contributed by atoms with Crippen LogP contribution in [0.1, 0.15) is 11.6 Å². The molecule has 1 saturated heterocycles. The van der Waals surface area contributed by atoms with Gasteiger partial charge in [-0.3, -0.25) is 19.5 Å². The standard InChI is InChI=1S/C25H25F2N5O2/c26-19-7-9-20(10-8-19)30-25(34)24(33)29-17-23(18-4-3-11-28-16-18)32-14-12-31(13-15-32)22-6-2-1-5-21(22)27/h1-11,16,23H,12-15,17H2,(H,29,33)(H,30,34)/t23-/m1/s1. The number of halogens is 2. The van der Waals surface area contributed by atoms with Gasteiger partial charge in [0.1, 0.15) is 11.6 Å². The van der Waals surface area contributed by atoms with Crippen molar-refractivity contribution in [3.8, 4) is 0 Å². The van der Waals surface area contributed by atoms with Gasteiger partial charge in [0.15, 0.2) is 0 Å². The molecule has 3 aromatic rings. The largest absolute Gasteiger partial charge is 0.367 e. The van der Waals surface area contributed by atoms with Gasteiger partial charge in [0.2, 0.25) is 0 Å². The Morgan fingerprint density at radius 1 is 0.912 bits per heavy atom. The van der Waals surface area contributed by atoms with Crippen molar-refractivity contribution in [1.29, 1.82) is 0 Å². The van der Waals surface area contributed by atoms with Gasteiger partial charge in [0.25, 0.3) is 0 Å². The first-order valence-electron chi connectivity index (χ1n) is 11.0. The maximum Gasteiger partial charge on any atom is 0.313 e. The first-order valence-corrected chi connectivity index (χ1v) is 11.0. The molecule has 1 fully saturated rings. The summed E-state index contributed by atoms with van der Waals surface area (Å²) in [6.45, 7) is 2.73. The fourth-order valence-corrected chi connectivity index (χ4v) is 4.00. The molecule has 1 aliphatic heterocycles. The van der Waals surface area contributed by atoms with Gasteiger partial charge in [0.05, 0.1) is 11.7 Å². The van der Waals surface area contributed by atoms with Gasteiger partial charge in [0, 0.05) is 50.8 Å². The number of piperazine rings is 1. The van der Waals surface area contributed by atoms with Crippen LogP contribution in [0.3, 0.4) is 0 Å². The quantitative estimate of drug-likeness (QED) is 0.548. The molecule has 0 aliphatic carbocycles. The summed E-state index contributed by atoms with van der Waals surface area (Å²) < 4.78 is 27.2. The highest BCUT2D eigenvalue weighted by molar-refractivity contribution is 6.39. The van der Waals surface area contributed by atoms with Crippen LogP contribution in [0.5, 0.6) is 0 Å². The number of carbonyl (C=O) groups excluding carboxylic acids is 2. The Labute approximate surface area is 196 Å². The van der Waals surface area contributed by atoms with Crippen LogP contribution in [0.25, 0.3) is 0 Å². The Balaban J connectivity index is 1.39. The average Bonchev–Trinajstić information content (AvgIpc) is 2.87. The summed E-state index contributed by atoms with van der Waals surface area (Å²) in [7, 11) is 0. The molecule has 1 aliphatic rings. The molecule has 2 aromatic carbocycles. The topological polar surface area (TPSA) is 77.6 Å². The van der Waals surface area contributed by atoms with Gasteiger partial charge in [-0.05, 0) is 48.0 Å². The van der Waals surface area contributed by atoms with E-state index in [0.29, 0.717) is 37.6 Å². The van der Waals surface area contributed by atoms with Crippen molar-refractivity contribution < 1.29 is 18.4 Å². The number of anilines is 2. The van der Waals surface area contributed by atoms with E-state index in [9.17, 15) is 18.4 Å². The molecule has 0 unspecified atom stereocenters. The maximum absolute atomic E-state index is 14.2. The molecule has 1 atom stereocenters. The molecule has 9 heteroatoms. The summed E-state index contributed by atoms with van der Waals surface area (Å²) in [6, 6.07) is 15.4. The Bertz CT molecular complexity index is 1120. The number of amides is 2. The van der Waals surface area contributed by atoms with Crippen molar-refractivity contribution in [3.63, 3.8) is 0 Å². The summed E-state index contributed by atoms with van der Waals surface area (Å²) in [5.41, 5.74) is 1.81. The lowest BCUT2D eigenvalue weighted by Gasteiger charge is -2.40. The molecule has 0 bridgehead atoms. The SMILES string of the molecule is O=C(NC[C@H](c1cccnc1)N1CCN(c2ccccc2F)CC1)C(=O)Nc1ccc(F)cc1. The molecule has 1 aromatic heterocycles. The van der Waals surface area contributed by atoms with Crippen LogP contribution < -0.4 is 15.5 Å². The summed E-state index contributed by atoms with van der Waals surface area (Å²) in [5.74, 6) is -2.31. The molecule has 0 saturated carbocycles. The van der Waals surface area contributed by atoms with Gasteiger partial charge >= 0.3 is 11.8 Å². The zero-order chi connectivity index (χ0) is 23.9. The lowest BCUT2D eigenvalue weighted by atomic mass is 10.1. The number of para-hydroxylation sites is 1. The number of hydrogen-bond acceptors (Lipinski definition) is 5.